The fourth-order valence-electron chi connectivity index (χ4n) is 5.83. The number of benzene rings is 2. The monoisotopic (exact) mass is 559 g/mol. The summed E-state index contributed by atoms with van der Waals surface area (Å²) in [6.07, 6.45) is 9.24. The van der Waals surface area contributed by atoms with Crippen LogP contribution in [-0.2, 0) is 0 Å². The predicted molar refractivity (Wildman–Crippen MR) is 160 cm³/mol. The van der Waals surface area contributed by atoms with Crippen LogP contribution in [-0.4, -0.2) is 78.2 Å². The van der Waals surface area contributed by atoms with Crippen LogP contribution < -0.4 is 29.3 Å². The highest BCUT2D eigenvalue weighted by Gasteiger charge is 2.27. The highest BCUT2D eigenvalue weighted by Crippen LogP contribution is 2.39. The SMILES string of the molecule is COc1cc(-n2cnc(Nc3nc(N4CCC[C@H]4CO)nc4cc(N5CCCCC5)ccc34)c2)cc(OC)c1OC. The van der Waals surface area contributed by atoms with Gasteiger partial charge < -0.3 is 39.0 Å². The maximum atomic E-state index is 9.99. The molecular formula is C30H37N7O4. The van der Waals surface area contributed by atoms with E-state index >= 15 is 0 Å². The van der Waals surface area contributed by atoms with Gasteiger partial charge in [0.15, 0.2) is 11.5 Å². The van der Waals surface area contributed by atoms with Gasteiger partial charge in [-0.3, -0.25) is 0 Å². The van der Waals surface area contributed by atoms with Gasteiger partial charge in [-0.1, -0.05) is 0 Å². The molecule has 0 amide bonds. The molecule has 2 fully saturated rings. The summed E-state index contributed by atoms with van der Waals surface area (Å²) in [7, 11) is 4.77. The lowest BCUT2D eigenvalue weighted by Crippen LogP contribution is -2.33. The van der Waals surface area contributed by atoms with Crippen molar-refractivity contribution in [2.45, 2.75) is 38.1 Å². The quantitative estimate of drug-likeness (QED) is 0.303. The van der Waals surface area contributed by atoms with Crippen LogP contribution >= 0.6 is 0 Å². The Morgan fingerprint density at radius 3 is 2.39 bits per heavy atom. The van der Waals surface area contributed by atoms with E-state index in [1.165, 1.54) is 24.9 Å². The number of fused-ring (bicyclic) bond motifs is 1. The van der Waals surface area contributed by atoms with Crippen LogP contribution in [0.25, 0.3) is 16.6 Å². The lowest BCUT2D eigenvalue weighted by Gasteiger charge is -2.29. The lowest BCUT2D eigenvalue weighted by atomic mass is 10.1. The van der Waals surface area contributed by atoms with Gasteiger partial charge in [0, 0.05) is 42.8 Å². The van der Waals surface area contributed by atoms with Gasteiger partial charge in [-0.25, -0.2) is 9.97 Å². The second-order valence-corrected chi connectivity index (χ2v) is 10.5. The van der Waals surface area contributed by atoms with Gasteiger partial charge in [-0.2, -0.15) is 4.98 Å². The number of imidazole rings is 1. The maximum absolute atomic E-state index is 9.99. The van der Waals surface area contributed by atoms with Crippen LogP contribution in [0.2, 0.25) is 0 Å². The molecule has 0 saturated carbocycles. The fourth-order valence-corrected chi connectivity index (χ4v) is 5.83. The topological polar surface area (TPSA) is 110 Å². The summed E-state index contributed by atoms with van der Waals surface area (Å²) in [6.45, 7) is 3.02. The first-order chi connectivity index (χ1) is 20.1. The number of hydrogen-bond donors (Lipinski definition) is 2. The average Bonchev–Trinajstić information content (AvgIpc) is 3.70. The Morgan fingerprint density at radius 1 is 0.902 bits per heavy atom. The van der Waals surface area contributed by atoms with E-state index < -0.39 is 0 Å². The maximum Gasteiger partial charge on any atom is 0.228 e. The second-order valence-electron chi connectivity index (χ2n) is 10.5. The van der Waals surface area contributed by atoms with Crippen LogP contribution in [0, 0.1) is 0 Å². The van der Waals surface area contributed by atoms with Crippen molar-refractivity contribution in [2.24, 2.45) is 0 Å². The molecule has 0 aliphatic carbocycles. The molecule has 2 aromatic heterocycles. The smallest absolute Gasteiger partial charge is 0.228 e. The van der Waals surface area contributed by atoms with Crippen LogP contribution in [0.1, 0.15) is 32.1 Å². The average molecular weight is 560 g/mol. The van der Waals surface area contributed by atoms with E-state index in [9.17, 15) is 5.11 Å². The van der Waals surface area contributed by atoms with Crippen molar-refractivity contribution < 1.29 is 19.3 Å². The first kappa shape index (κ1) is 26.9. The minimum Gasteiger partial charge on any atom is -0.493 e. The minimum atomic E-state index is 0.0184. The third-order valence-electron chi connectivity index (χ3n) is 8.01. The number of anilines is 4. The van der Waals surface area contributed by atoms with Crippen molar-refractivity contribution >= 4 is 34.2 Å². The number of aromatic nitrogens is 4. The largest absolute Gasteiger partial charge is 0.493 e. The molecule has 11 heteroatoms. The Kier molecular flexibility index (Phi) is 7.69. The third kappa shape index (κ3) is 5.29. The third-order valence-corrected chi connectivity index (χ3v) is 8.01. The molecule has 11 nitrogen and oxygen atoms in total. The molecule has 2 aromatic carbocycles. The van der Waals surface area contributed by atoms with E-state index in [2.05, 4.69) is 38.3 Å². The molecule has 4 aromatic rings. The molecule has 6 rings (SSSR count). The molecule has 0 spiro atoms. The molecule has 2 N–H and O–H groups in total. The fraction of sp³-hybridized carbons (Fsp3) is 0.433. The summed E-state index contributed by atoms with van der Waals surface area (Å²) in [5.41, 5.74) is 2.86. The van der Waals surface area contributed by atoms with Crippen LogP contribution in [0.3, 0.4) is 0 Å². The standard InChI is InChI=1S/C30H37N7O4/c1-39-25-15-22(16-26(40-2)28(25)41-3)36-17-27(31-19-36)33-29-23-10-9-20(35-11-5-4-6-12-35)14-24(23)32-30(34-29)37-13-7-8-21(37)18-38/h9-10,14-17,19,21,38H,4-8,11-13,18H2,1-3H3,(H,32,33,34)/t21-/m0/s1. The van der Waals surface area contributed by atoms with Crippen molar-refractivity contribution in [3.8, 4) is 22.9 Å². The van der Waals surface area contributed by atoms with E-state index in [0.717, 1.165) is 49.1 Å². The predicted octanol–water partition coefficient (Wildman–Crippen LogP) is 4.54. The molecule has 2 aliphatic heterocycles. The first-order valence-electron chi connectivity index (χ1n) is 14.2. The van der Waals surface area contributed by atoms with Crippen molar-refractivity contribution in [2.75, 3.05) is 62.7 Å². The van der Waals surface area contributed by atoms with Crippen molar-refractivity contribution in [1.82, 2.24) is 19.5 Å². The zero-order valence-corrected chi connectivity index (χ0v) is 23.8. The molecule has 41 heavy (non-hydrogen) atoms. The highest BCUT2D eigenvalue weighted by atomic mass is 16.5. The number of aliphatic hydroxyl groups is 1. The molecule has 0 bridgehead atoms. The molecule has 0 unspecified atom stereocenters. The van der Waals surface area contributed by atoms with Crippen LogP contribution in [0.5, 0.6) is 17.2 Å². The first-order valence-corrected chi connectivity index (χ1v) is 14.2. The Bertz CT molecular complexity index is 1490. The lowest BCUT2D eigenvalue weighted by molar-refractivity contribution is 0.265. The van der Waals surface area contributed by atoms with Crippen molar-refractivity contribution in [3.05, 3.63) is 42.9 Å². The van der Waals surface area contributed by atoms with Gasteiger partial charge in [-0.05, 0) is 50.3 Å². The summed E-state index contributed by atoms with van der Waals surface area (Å²) in [4.78, 5) is 19.1. The van der Waals surface area contributed by atoms with Gasteiger partial charge in [-0.15, -0.1) is 0 Å². The number of rotatable bonds is 9. The number of piperidine rings is 1. The summed E-state index contributed by atoms with van der Waals surface area (Å²) in [5, 5.41) is 14.3. The Labute approximate surface area is 239 Å². The van der Waals surface area contributed by atoms with Gasteiger partial charge in [0.05, 0.1) is 51.4 Å². The van der Waals surface area contributed by atoms with Gasteiger partial charge in [0.25, 0.3) is 0 Å². The van der Waals surface area contributed by atoms with E-state index in [1.807, 2.05) is 22.9 Å². The Balaban J connectivity index is 1.37. The molecule has 2 aliphatic rings. The second kappa shape index (κ2) is 11.7. The van der Waals surface area contributed by atoms with E-state index in [1.54, 1.807) is 27.7 Å². The molecule has 0 radical (unpaired) electrons. The Morgan fingerprint density at radius 2 is 1.68 bits per heavy atom. The van der Waals surface area contributed by atoms with Crippen LogP contribution in [0.15, 0.2) is 42.9 Å². The summed E-state index contributed by atoms with van der Waals surface area (Å²) < 4.78 is 18.4. The number of aliphatic hydroxyl groups excluding tert-OH is 1. The molecular weight excluding hydrogens is 522 g/mol. The van der Waals surface area contributed by atoms with E-state index in [4.69, 9.17) is 24.2 Å². The van der Waals surface area contributed by atoms with Gasteiger partial charge in [0.2, 0.25) is 11.7 Å². The summed E-state index contributed by atoms with van der Waals surface area (Å²) in [5.74, 6) is 3.58. The Hall–Kier alpha value is -4.25. The van der Waals surface area contributed by atoms with E-state index in [-0.39, 0.29) is 12.6 Å². The molecule has 4 heterocycles. The van der Waals surface area contributed by atoms with Crippen molar-refractivity contribution in [3.63, 3.8) is 0 Å². The number of ether oxygens (including phenoxy) is 3. The van der Waals surface area contributed by atoms with Crippen molar-refractivity contribution in [1.29, 1.82) is 0 Å². The van der Waals surface area contributed by atoms with Crippen LogP contribution in [0.4, 0.5) is 23.3 Å². The van der Waals surface area contributed by atoms with Gasteiger partial charge >= 0.3 is 0 Å². The molecule has 216 valence electrons. The zero-order valence-electron chi connectivity index (χ0n) is 23.8. The number of nitrogens with one attached hydrogen (secondary N) is 1. The highest BCUT2D eigenvalue weighted by molar-refractivity contribution is 5.93. The normalized spacial score (nSPS) is 17.2. The van der Waals surface area contributed by atoms with E-state index in [0.29, 0.717) is 34.8 Å². The molecule has 1 atom stereocenters. The summed E-state index contributed by atoms with van der Waals surface area (Å²) in [6, 6.07) is 10.2. The molecule has 2 saturated heterocycles. The summed E-state index contributed by atoms with van der Waals surface area (Å²) >= 11 is 0. The minimum absolute atomic E-state index is 0.0184. The number of nitrogens with zero attached hydrogens (tertiary/aromatic N) is 6. The number of hydrogen-bond acceptors (Lipinski definition) is 10. The van der Waals surface area contributed by atoms with Gasteiger partial charge in [0.1, 0.15) is 18.0 Å². The number of methoxy groups -OCH3 is 3. The zero-order chi connectivity index (χ0) is 28.3.